The lowest BCUT2D eigenvalue weighted by Crippen LogP contribution is -2.34. The van der Waals surface area contributed by atoms with Crippen LogP contribution in [0.5, 0.6) is 0 Å². The Bertz CT molecular complexity index is 514. The van der Waals surface area contributed by atoms with Crippen LogP contribution in [0, 0.1) is 5.92 Å². The van der Waals surface area contributed by atoms with Crippen molar-refractivity contribution in [3.8, 4) is 0 Å². The van der Waals surface area contributed by atoms with Gasteiger partial charge < -0.3 is 5.11 Å². The van der Waals surface area contributed by atoms with Gasteiger partial charge in [0, 0.05) is 13.6 Å². The highest BCUT2D eigenvalue weighted by Gasteiger charge is 2.31. The molecule has 18 heavy (non-hydrogen) atoms. The molecule has 0 amide bonds. The zero-order chi connectivity index (χ0) is 13.3. The van der Waals surface area contributed by atoms with Crippen LogP contribution in [0.1, 0.15) is 19.3 Å². The second-order valence-electron chi connectivity index (χ2n) is 4.60. The largest absolute Gasteiger partial charge is 0.393 e. The Morgan fingerprint density at radius 2 is 2.22 bits per heavy atom. The molecule has 1 aliphatic carbocycles. The minimum absolute atomic E-state index is 0.0419. The van der Waals surface area contributed by atoms with Gasteiger partial charge >= 0.3 is 0 Å². The zero-order valence-electron chi connectivity index (χ0n) is 10.0. The summed E-state index contributed by atoms with van der Waals surface area (Å²) in [6.07, 6.45) is 2.23. The molecule has 0 bridgehead atoms. The molecule has 1 aromatic heterocycles. The summed E-state index contributed by atoms with van der Waals surface area (Å²) >= 11 is 6.82. The van der Waals surface area contributed by atoms with Crippen molar-refractivity contribution in [1.29, 1.82) is 0 Å². The Hall–Kier alpha value is -0.140. The van der Waals surface area contributed by atoms with Gasteiger partial charge in [0.25, 0.3) is 10.0 Å². The minimum atomic E-state index is -3.47. The van der Waals surface area contributed by atoms with E-state index in [1.165, 1.54) is 10.4 Å². The SMILES string of the molecule is CN(CC1CCCC1O)S(=O)(=O)c1ccc(Cl)s1. The van der Waals surface area contributed by atoms with Crippen molar-refractivity contribution >= 4 is 33.0 Å². The predicted molar refractivity (Wildman–Crippen MR) is 72.5 cm³/mol. The van der Waals surface area contributed by atoms with Crippen molar-refractivity contribution < 1.29 is 13.5 Å². The normalized spacial score (nSPS) is 24.9. The topological polar surface area (TPSA) is 57.6 Å². The molecule has 1 aromatic rings. The molecular weight excluding hydrogens is 294 g/mol. The first-order valence-corrected chi connectivity index (χ1v) is 8.44. The Morgan fingerprint density at radius 1 is 1.50 bits per heavy atom. The number of thiophene rings is 1. The van der Waals surface area contributed by atoms with E-state index in [-0.39, 0.29) is 16.2 Å². The highest BCUT2D eigenvalue weighted by Crippen LogP contribution is 2.30. The van der Waals surface area contributed by atoms with Crippen LogP contribution < -0.4 is 0 Å². The van der Waals surface area contributed by atoms with Gasteiger partial charge in [-0.05, 0) is 30.9 Å². The molecule has 1 N–H and O–H groups in total. The van der Waals surface area contributed by atoms with Crippen LogP contribution in [0.25, 0.3) is 0 Å². The fourth-order valence-electron chi connectivity index (χ4n) is 2.25. The summed E-state index contributed by atoms with van der Waals surface area (Å²) in [5, 5.41) is 9.74. The van der Waals surface area contributed by atoms with Gasteiger partial charge in [-0.3, -0.25) is 0 Å². The number of hydrogen-bond donors (Lipinski definition) is 1. The van der Waals surface area contributed by atoms with Gasteiger partial charge in [-0.25, -0.2) is 8.42 Å². The first-order valence-electron chi connectivity index (χ1n) is 5.81. The molecule has 2 unspecified atom stereocenters. The van der Waals surface area contributed by atoms with E-state index in [0.717, 1.165) is 30.6 Å². The van der Waals surface area contributed by atoms with Crippen molar-refractivity contribution in [2.45, 2.75) is 29.6 Å². The molecule has 4 nitrogen and oxygen atoms in total. The molecule has 0 aliphatic heterocycles. The number of halogens is 1. The Labute approximate surface area is 116 Å². The summed E-state index contributed by atoms with van der Waals surface area (Å²) in [5.74, 6) is 0.0419. The summed E-state index contributed by atoms with van der Waals surface area (Å²) in [6.45, 7) is 0.360. The Balaban J connectivity index is 2.10. The molecule has 1 saturated carbocycles. The van der Waals surface area contributed by atoms with Crippen LogP contribution >= 0.6 is 22.9 Å². The van der Waals surface area contributed by atoms with E-state index in [0.29, 0.717) is 10.9 Å². The fourth-order valence-corrected chi connectivity index (χ4v) is 5.17. The Morgan fingerprint density at radius 3 is 2.72 bits per heavy atom. The summed E-state index contributed by atoms with van der Waals surface area (Å²) in [6, 6.07) is 3.10. The smallest absolute Gasteiger partial charge is 0.252 e. The molecular formula is C11H16ClNO3S2. The van der Waals surface area contributed by atoms with E-state index < -0.39 is 10.0 Å². The van der Waals surface area contributed by atoms with E-state index in [9.17, 15) is 13.5 Å². The van der Waals surface area contributed by atoms with Crippen molar-refractivity contribution in [3.63, 3.8) is 0 Å². The number of sulfonamides is 1. The molecule has 0 radical (unpaired) electrons. The quantitative estimate of drug-likeness (QED) is 0.927. The standard InChI is InChI=1S/C11H16ClNO3S2/c1-13(7-8-3-2-4-9(8)14)18(15,16)11-6-5-10(12)17-11/h5-6,8-9,14H,2-4,7H2,1H3. The molecule has 1 heterocycles. The van der Waals surface area contributed by atoms with Crippen molar-refractivity contribution in [2.24, 2.45) is 5.92 Å². The van der Waals surface area contributed by atoms with Crippen molar-refractivity contribution in [1.82, 2.24) is 4.31 Å². The van der Waals surface area contributed by atoms with Gasteiger partial charge in [-0.1, -0.05) is 18.0 Å². The molecule has 2 rings (SSSR count). The third-order valence-electron chi connectivity index (χ3n) is 3.32. The molecule has 7 heteroatoms. The zero-order valence-corrected chi connectivity index (χ0v) is 12.4. The Kier molecular flexibility index (Phi) is 4.33. The van der Waals surface area contributed by atoms with Gasteiger partial charge in [-0.2, -0.15) is 4.31 Å². The summed E-state index contributed by atoms with van der Waals surface area (Å²) < 4.78 is 26.5. The molecule has 102 valence electrons. The molecule has 0 spiro atoms. The van der Waals surface area contributed by atoms with Gasteiger partial charge in [0.1, 0.15) is 4.21 Å². The van der Waals surface area contributed by atoms with Gasteiger partial charge in [0.15, 0.2) is 0 Å². The number of aliphatic hydroxyl groups is 1. The lowest BCUT2D eigenvalue weighted by atomic mass is 10.1. The van der Waals surface area contributed by atoms with Gasteiger partial charge in [-0.15, -0.1) is 11.3 Å². The maximum absolute atomic E-state index is 12.2. The molecule has 0 saturated heterocycles. The van der Waals surface area contributed by atoms with Crippen molar-refractivity contribution in [2.75, 3.05) is 13.6 Å². The highest BCUT2D eigenvalue weighted by atomic mass is 35.5. The third kappa shape index (κ3) is 2.88. The minimum Gasteiger partial charge on any atom is -0.393 e. The highest BCUT2D eigenvalue weighted by molar-refractivity contribution is 7.91. The van der Waals surface area contributed by atoms with E-state index in [1.54, 1.807) is 13.1 Å². The number of rotatable bonds is 4. The van der Waals surface area contributed by atoms with Crippen LogP contribution in [-0.2, 0) is 10.0 Å². The third-order valence-corrected chi connectivity index (χ3v) is 6.85. The average Bonchev–Trinajstić information content (AvgIpc) is 2.89. The van der Waals surface area contributed by atoms with Crippen LogP contribution in [-0.4, -0.2) is 37.5 Å². The van der Waals surface area contributed by atoms with E-state index in [2.05, 4.69) is 0 Å². The number of aliphatic hydroxyl groups excluding tert-OH is 1. The maximum atomic E-state index is 12.2. The van der Waals surface area contributed by atoms with Gasteiger partial charge in [0.05, 0.1) is 10.4 Å². The first kappa shape index (κ1) is 14.3. The summed E-state index contributed by atoms with van der Waals surface area (Å²) in [4.78, 5) is 0. The maximum Gasteiger partial charge on any atom is 0.252 e. The summed E-state index contributed by atoms with van der Waals surface area (Å²) in [5.41, 5.74) is 0. The second kappa shape index (κ2) is 5.46. The predicted octanol–water partition coefficient (Wildman–Crippen LogP) is 2.18. The van der Waals surface area contributed by atoms with Crippen LogP contribution in [0.2, 0.25) is 4.34 Å². The molecule has 1 aliphatic rings. The second-order valence-corrected chi connectivity index (χ2v) is 8.59. The number of hydrogen-bond acceptors (Lipinski definition) is 4. The first-order chi connectivity index (χ1) is 8.41. The van der Waals surface area contributed by atoms with Crippen molar-refractivity contribution in [3.05, 3.63) is 16.5 Å². The average molecular weight is 310 g/mol. The monoisotopic (exact) mass is 309 g/mol. The van der Waals surface area contributed by atoms with Crippen LogP contribution in [0.15, 0.2) is 16.3 Å². The van der Waals surface area contributed by atoms with E-state index >= 15 is 0 Å². The molecule has 1 fully saturated rings. The lowest BCUT2D eigenvalue weighted by Gasteiger charge is -2.22. The number of nitrogens with zero attached hydrogens (tertiary/aromatic N) is 1. The molecule has 2 atom stereocenters. The fraction of sp³-hybridized carbons (Fsp3) is 0.636. The lowest BCUT2D eigenvalue weighted by molar-refractivity contribution is 0.123. The van der Waals surface area contributed by atoms with E-state index in [4.69, 9.17) is 11.6 Å². The summed E-state index contributed by atoms with van der Waals surface area (Å²) in [7, 11) is -1.92. The van der Waals surface area contributed by atoms with Crippen LogP contribution in [0.3, 0.4) is 0 Å². The molecule has 0 aromatic carbocycles. The van der Waals surface area contributed by atoms with E-state index in [1.807, 2.05) is 0 Å². The van der Waals surface area contributed by atoms with Crippen LogP contribution in [0.4, 0.5) is 0 Å². The van der Waals surface area contributed by atoms with Gasteiger partial charge in [0.2, 0.25) is 0 Å².